The van der Waals surface area contributed by atoms with Gasteiger partial charge in [-0.25, -0.2) is 0 Å². The Morgan fingerprint density at radius 2 is 0.512 bits per heavy atom. The van der Waals surface area contributed by atoms with Gasteiger partial charge in [-0.15, -0.1) is 0 Å². The van der Waals surface area contributed by atoms with Gasteiger partial charge >= 0.3 is 5.97 Å². The van der Waals surface area contributed by atoms with Gasteiger partial charge < -0.3 is 20.3 Å². The number of esters is 1. The molecule has 478 valence electrons. The summed E-state index contributed by atoms with van der Waals surface area (Å²) in [5, 5.41) is 23.4. The molecule has 2 atom stereocenters. The van der Waals surface area contributed by atoms with Crippen molar-refractivity contribution in [3.05, 3.63) is 0 Å². The molecule has 3 N–H and O–H groups in total. The van der Waals surface area contributed by atoms with Crippen LogP contribution in [0, 0.1) is 0 Å². The van der Waals surface area contributed by atoms with Crippen LogP contribution in [-0.2, 0) is 14.3 Å². The summed E-state index contributed by atoms with van der Waals surface area (Å²) in [5.41, 5.74) is 0. The zero-order valence-electron chi connectivity index (χ0n) is 54.9. The third-order valence-electron chi connectivity index (χ3n) is 17.9. The minimum atomic E-state index is -0.662. The summed E-state index contributed by atoms with van der Waals surface area (Å²) >= 11 is 0. The maximum atomic E-state index is 12.5. The summed E-state index contributed by atoms with van der Waals surface area (Å²) in [6.45, 7) is 5.01. The number of carbonyl (C=O) groups is 2. The Bertz CT molecular complexity index is 1160. The van der Waals surface area contributed by atoms with Crippen LogP contribution in [0.25, 0.3) is 0 Å². The maximum Gasteiger partial charge on any atom is 0.305 e. The van der Waals surface area contributed by atoms with E-state index in [1.54, 1.807) is 0 Å². The normalized spacial score (nSPS) is 12.4. The van der Waals surface area contributed by atoms with Crippen LogP contribution in [0.2, 0.25) is 0 Å². The zero-order valence-corrected chi connectivity index (χ0v) is 54.9. The van der Waals surface area contributed by atoms with E-state index in [0.717, 1.165) is 38.5 Å². The molecular weight excluding hydrogens is 983 g/mol. The van der Waals surface area contributed by atoms with Gasteiger partial charge in [0.2, 0.25) is 5.91 Å². The second-order valence-electron chi connectivity index (χ2n) is 26.0. The quantitative estimate of drug-likeness (QED) is 0.0417. The van der Waals surface area contributed by atoms with Gasteiger partial charge in [0.05, 0.1) is 25.4 Å². The van der Waals surface area contributed by atoms with Crippen molar-refractivity contribution in [1.29, 1.82) is 0 Å². The van der Waals surface area contributed by atoms with Crippen molar-refractivity contribution in [1.82, 2.24) is 5.32 Å². The Morgan fingerprint density at radius 3 is 0.762 bits per heavy atom. The first-order valence-electron chi connectivity index (χ1n) is 37.3. The molecule has 0 spiro atoms. The van der Waals surface area contributed by atoms with Gasteiger partial charge in [-0.2, -0.15) is 0 Å². The molecule has 1 amide bonds. The highest BCUT2D eigenvalue weighted by molar-refractivity contribution is 5.76. The molecule has 2 unspecified atom stereocenters. The molecule has 0 aliphatic carbocycles. The van der Waals surface area contributed by atoms with Crippen molar-refractivity contribution in [3.63, 3.8) is 0 Å². The number of amides is 1. The van der Waals surface area contributed by atoms with Crippen molar-refractivity contribution >= 4 is 11.9 Å². The standard InChI is InChI=1S/C74H147NO5/c1-3-5-7-9-11-13-15-17-19-21-31-35-38-42-46-50-54-58-62-66-72(77)71(70-76)75-73(78)67-63-59-55-51-47-43-39-36-32-29-27-25-23-22-24-26-28-30-33-37-41-45-49-53-57-61-65-69-80-74(79)68-64-60-56-52-48-44-40-34-20-18-16-14-12-10-8-6-4-2/h71-72,76-77H,3-70H2,1-2H3,(H,75,78). The summed E-state index contributed by atoms with van der Waals surface area (Å²) in [4.78, 5) is 24.7. The summed E-state index contributed by atoms with van der Waals surface area (Å²) < 4.78 is 5.51. The Labute approximate surface area is 502 Å². The van der Waals surface area contributed by atoms with Gasteiger partial charge in [-0.3, -0.25) is 9.59 Å². The molecule has 0 aliphatic heterocycles. The number of nitrogens with one attached hydrogen (secondary N) is 1. The van der Waals surface area contributed by atoms with Gasteiger partial charge in [0, 0.05) is 12.8 Å². The van der Waals surface area contributed by atoms with Crippen LogP contribution in [0.1, 0.15) is 438 Å². The molecule has 0 aromatic rings. The molecule has 0 fully saturated rings. The average molecular weight is 1130 g/mol. The van der Waals surface area contributed by atoms with Gasteiger partial charge in [0.25, 0.3) is 0 Å². The molecule has 0 bridgehead atoms. The van der Waals surface area contributed by atoms with E-state index in [1.807, 2.05) is 0 Å². The third-order valence-corrected chi connectivity index (χ3v) is 17.9. The monoisotopic (exact) mass is 1130 g/mol. The van der Waals surface area contributed by atoms with E-state index in [0.29, 0.717) is 25.9 Å². The molecule has 0 aliphatic rings. The number of carbonyl (C=O) groups excluding carboxylic acids is 2. The number of unbranched alkanes of at least 4 members (excludes halogenated alkanes) is 60. The molecule has 0 saturated carbocycles. The van der Waals surface area contributed by atoms with E-state index in [1.165, 1.54) is 366 Å². The van der Waals surface area contributed by atoms with E-state index in [9.17, 15) is 19.8 Å². The van der Waals surface area contributed by atoms with E-state index in [4.69, 9.17) is 4.74 Å². The Hall–Kier alpha value is -1.14. The van der Waals surface area contributed by atoms with E-state index in [2.05, 4.69) is 19.2 Å². The fraction of sp³-hybridized carbons (Fsp3) is 0.973. The summed E-state index contributed by atoms with van der Waals surface area (Å²) in [6, 6.07) is -0.539. The number of ether oxygens (including phenoxy) is 1. The molecule has 6 heteroatoms. The first-order valence-corrected chi connectivity index (χ1v) is 37.3. The smallest absolute Gasteiger partial charge is 0.305 e. The third kappa shape index (κ3) is 66.0. The number of aliphatic hydroxyl groups excluding tert-OH is 2. The van der Waals surface area contributed by atoms with Crippen LogP contribution >= 0.6 is 0 Å². The van der Waals surface area contributed by atoms with Crippen LogP contribution in [-0.4, -0.2) is 47.4 Å². The maximum absolute atomic E-state index is 12.5. The molecule has 0 radical (unpaired) electrons. The van der Waals surface area contributed by atoms with Crippen molar-refractivity contribution in [2.75, 3.05) is 13.2 Å². The van der Waals surface area contributed by atoms with E-state index in [-0.39, 0.29) is 18.5 Å². The Morgan fingerprint density at radius 1 is 0.300 bits per heavy atom. The largest absolute Gasteiger partial charge is 0.466 e. The minimum absolute atomic E-state index is 0.0236. The number of aliphatic hydroxyl groups is 2. The van der Waals surface area contributed by atoms with E-state index < -0.39 is 12.1 Å². The first kappa shape index (κ1) is 78.9. The number of hydrogen-bond donors (Lipinski definition) is 3. The van der Waals surface area contributed by atoms with Gasteiger partial charge in [-0.1, -0.05) is 399 Å². The van der Waals surface area contributed by atoms with Crippen molar-refractivity contribution < 1.29 is 24.5 Å². The van der Waals surface area contributed by atoms with Crippen LogP contribution < -0.4 is 5.32 Å². The summed E-state index contributed by atoms with van der Waals surface area (Å²) in [6.07, 6.45) is 86.0. The van der Waals surface area contributed by atoms with Crippen LogP contribution in [0.5, 0.6) is 0 Å². The SMILES string of the molecule is CCCCCCCCCCCCCCCCCCCCCC(O)C(CO)NC(=O)CCCCCCCCCCCCCCCCCCCCCCCCCCCCCOC(=O)CCCCCCCCCCCCCCCCCCC. The lowest BCUT2D eigenvalue weighted by molar-refractivity contribution is -0.143. The van der Waals surface area contributed by atoms with Crippen LogP contribution in [0.4, 0.5) is 0 Å². The predicted molar refractivity (Wildman–Crippen MR) is 352 cm³/mol. The second kappa shape index (κ2) is 70.3. The lowest BCUT2D eigenvalue weighted by Crippen LogP contribution is -2.45. The molecule has 0 heterocycles. The van der Waals surface area contributed by atoms with E-state index >= 15 is 0 Å². The fourth-order valence-electron chi connectivity index (χ4n) is 12.2. The van der Waals surface area contributed by atoms with Crippen molar-refractivity contribution in [2.24, 2.45) is 0 Å². The van der Waals surface area contributed by atoms with Gasteiger partial charge in [0.1, 0.15) is 0 Å². The lowest BCUT2D eigenvalue weighted by Gasteiger charge is -2.22. The van der Waals surface area contributed by atoms with Crippen LogP contribution in [0.3, 0.4) is 0 Å². The van der Waals surface area contributed by atoms with Crippen molar-refractivity contribution in [3.8, 4) is 0 Å². The van der Waals surface area contributed by atoms with Crippen molar-refractivity contribution in [2.45, 2.75) is 450 Å². The molecular formula is C74H147NO5. The number of hydrogen-bond acceptors (Lipinski definition) is 5. The van der Waals surface area contributed by atoms with Crippen LogP contribution in [0.15, 0.2) is 0 Å². The Kier molecular flexibility index (Phi) is 69.3. The highest BCUT2D eigenvalue weighted by Crippen LogP contribution is 2.20. The summed E-state index contributed by atoms with van der Waals surface area (Å²) in [7, 11) is 0. The highest BCUT2D eigenvalue weighted by atomic mass is 16.5. The first-order chi connectivity index (χ1) is 39.5. The second-order valence-corrected chi connectivity index (χ2v) is 26.0. The highest BCUT2D eigenvalue weighted by Gasteiger charge is 2.20. The molecule has 0 saturated heterocycles. The van der Waals surface area contributed by atoms with Gasteiger partial charge in [-0.05, 0) is 25.7 Å². The number of rotatable bonds is 71. The average Bonchev–Trinajstić information content (AvgIpc) is 3.46. The predicted octanol–water partition coefficient (Wildman–Crippen LogP) is 24.2. The molecule has 6 nitrogen and oxygen atoms in total. The molecule has 80 heavy (non-hydrogen) atoms. The Balaban J connectivity index is 3.33. The topological polar surface area (TPSA) is 95.9 Å². The molecule has 0 aromatic carbocycles. The molecule has 0 aromatic heterocycles. The minimum Gasteiger partial charge on any atom is -0.466 e. The summed E-state index contributed by atoms with van der Waals surface area (Å²) in [5.74, 6) is -0.00333. The van der Waals surface area contributed by atoms with Gasteiger partial charge in [0.15, 0.2) is 0 Å². The zero-order chi connectivity index (χ0) is 57.8. The lowest BCUT2D eigenvalue weighted by atomic mass is 10.0. The molecule has 0 rings (SSSR count). The fourth-order valence-corrected chi connectivity index (χ4v) is 12.2.